The monoisotopic (exact) mass is 373 g/mol. The van der Waals surface area contributed by atoms with Crippen LogP contribution in [0.3, 0.4) is 0 Å². The molecule has 1 atom stereocenters. The molecule has 27 heavy (non-hydrogen) atoms. The maximum absolute atomic E-state index is 13.2. The first-order chi connectivity index (χ1) is 13.3. The van der Waals surface area contributed by atoms with Gasteiger partial charge in [-0.1, -0.05) is 25.1 Å². The molecule has 3 aromatic heterocycles. The Labute approximate surface area is 161 Å². The average molecular weight is 373 g/mol. The molecular weight excluding hydrogens is 354 g/mol. The van der Waals surface area contributed by atoms with Crippen molar-refractivity contribution >= 4 is 28.1 Å². The molecule has 0 radical (unpaired) electrons. The summed E-state index contributed by atoms with van der Waals surface area (Å²) in [6.45, 7) is 2.74. The van der Waals surface area contributed by atoms with Gasteiger partial charge in [0.05, 0.1) is 12.2 Å². The Hall–Kier alpha value is -2.92. The SMILES string of the molecule is CCc1ccc(C2c3[nH]c4ccccc4c(=O)c3CN2c2ccccn2)s1. The average Bonchev–Trinajstić information content (AvgIpc) is 3.33. The first-order valence-corrected chi connectivity index (χ1v) is 9.98. The summed E-state index contributed by atoms with van der Waals surface area (Å²) < 4.78 is 0. The van der Waals surface area contributed by atoms with Crippen molar-refractivity contribution in [3.8, 4) is 0 Å². The summed E-state index contributed by atoms with van der Waals surface area (Å²) in [5.41, 5.74) is 2.85. The Morgan fingerprint density at radius 1 is 1.15 bits per heavy atom. The maximum Gasteiger partial charge on any atom is 0.194 e. The fourth-order valence-corrected chi connectivity index (χ4v) is 4.94. The molecule has 0 spiro atoms. The highest BCUT2D eigenvalue weighted by atomic mass is 32.1. The van der Waals surface area contributed by atoms with E-state index in [1.165, 1.54) is 9.75 Å². The minimum Gasteiger partial charge on any atom is -0.356 e. The van der Waals surface area contributed by atoms with E-state index in [1.54, 1.807) is 6.20 Å². The van der Waals surface area contributed by atoms with Gasteiger partial charge in [-0.25, -0.2) is 4.98 Å². The lowest BCUT2D eigenvalue weighted by atomic mass is 10.1. The van der Waals surface area contributed by atoms with E-state index >= 15 is 0 Å². The lowest BCUT2D eigenvalue weighted by Gasteiger charge is -2.25. The lowest BCUT2D eigenvalue weighted by molar-refractivity contribution is 0.756. The van der Waals surface area contributed by atoms with Gasteiger partial charge in [0.2, 0.25) is 0 Å². The van der Waals surface area contributed by atoms with Crippen molar-refractivity contribution in [3.63, 3.8) is 0 Å². The predicted molar refractivity (Wildman–Crippen MR) is 111 cm³/mol. The van der Waals surface area contributed by atoms with Gasteiger partial charge in [-0.15, -0.1) is 11.3 Å². The molecule has 1 aromatic carbocycles. The zero-order valence-electron chi connectivity index (χ0n) is 15.0. The smallest absolute Gasteiger partial charge is 0.194 e. The van der Waals surface area contributed by atoms with Crippen LogP contribution in [-0.4, -0.2) is 9.97 Å². The number of anilines is 1. The van der Waals surface area contributed by atoms with Crippen LogP contribution in [-0.2, 0) is 13.0 Å². The predicted octanol–water partition coefficient (Wildman–Crippen LogP) is 4.66. The highest BCUT2D eigenvalue weighted by molar-refractivity contribution is 7.12. The Balaban J connectivity index is 1.75. The van der Waals surface area contributed by atoms with Crippen LogP contribution in [0.2, 0.25) is 0 Å². The number of nitrogens with one attached hydrogen (secondary N) is 1. The van der Waals surface area contributed by atoms with Gasteiger partial charge in [-0.2, -0.15) is 0 Å². The van der Waals surface area contributed by atoms with Gasteiger partial charge >= 0.3 is 0 Å². The standard InChI is InChI=1S/C22H19N3OS/c1-2-14-10-11-18(27-14)21-20-16(13-25(21)19-9-5-6-12-23-19)22(26)15-7-3-4-8-17(15)24-20/h3-12,21H,2,13H2,1H3,(H,24,26). The molecule has 5 rings (SSSR count). The minimum atomic E-state index is -0.0162. The van der Waals surface area contributed by atoms with Crippen LogP contribution in [0, 0.1) is 0 Å². The summed E-state index contributed by atoms with van der Waals surface area (Å²) in [6.07, 6.45) is 2.82. The molecular formula is C22H19N3OS. The van der Waals surface area contributed by atoms with Gasteiger partial charge in [0.25, 0.3) is 0 Å². The Morgan fingerprint density at radius 2 is 2.00 bits per heavy atom. The molecule has 4 aromatic rings. The van der Waals surface area contributed by atoms with E-state index in [9.17, 15) is 4.79 Å². The number of para-hydroxylation sites is 1. The fraction of sp³-hybridized carbons (Fsp3) is 0.182. The lowest BCUT2D eigenvalue weighted by Crippen LogP contribution is -2.23. The van der Waals surface area contributed by atoms with E-state index in [-0.39, 0.29) is 11.5 Å². The van der Waals surface area contributed by atoms with Crippen molar-refractivity contribution in [1.29, 1.82) is 0 Å². The van der Waals surface area contributed by atoms with Crippen LogP contribution in [0.15, 0.2) is 65.6 Å². The number of pyridine rings is 2. The highest BCUT2D eigenvalue weighted by Gasteiger charge is 2.36. The molecule has 5 heteroatoms. The molecule has 0 fully saturated rings. The summed E-state index contributed by atoms with van der Waals surface area (Å²) in [5.74, 6) is 0.891. The number of thiophene rings is 1. The van der Waals surface area contributed by atoms with Gasteiger partial charge in [-0.3, -0.25) is 4.79 Å². The van der Waals surface area contributed by atoms with Crippen LogP contribution in [0.4, 0.5) is 5.82 Å². The number of fused-ring (bicyclic) bond motifs is 2. The van der Waals surface area contributed by atoms with Gasteiger partial charge in [-0.05, 0) is 42.8 Å². The van der Waals surface area contributed by atoms with Crippen LogP contribution in [0.5, 0.6) is 0 Å². The van der Waals surface area contributed by atoms with E-state index in [1.807, 2.05) is 53.8 Å². The molecule has 0 amide bonds. The topological polar surface area (TPSA) is 49.0 Å². The molecule has 1 aliphatic heterocycles. The number of hydrogen-bond acceptors (Lipinski definition) is 4. The second-order valence-electron chi connectivity index (χ2n) is 6.77. The van der Waals surface area contributed by atoms with Crippen molar-refractivity contribution in [2.45, 2.75) is 25.9 Å². The molecule has 0 saturated heterocycles. The van der Waals surface area contributed by atoms with Crippen LogP contribution in [0.1, 0.15) is 34.0 Å². The fourth-order valence-electron chi connectivity index (χ4n) is 3.87. The number of aryl methyl sites for hydroxylation is 1. The van der Waals surface area contributed by atoms with Crippen molar-refractivity contribution in [1.82, 2.24) is 9.97 Å². The minimum absolute atomic E-state index is 0.0162. The molecule has 0 bridgehead atoms. The van der Waals surface area contributed by atoms with Crippen LogP contribution >= 0.6 is 11.3 Å². The van der Waals surface area contributed by atoms with E-state index in [0.29, 0.717) is 6.54 Å². The zero-order chi connectivity index (χ0) is 18.4. The quantitative estimate of drug-likeness (QED) is 0.568. The summed E-state index contributed by atoms with van der Waals surface area (Å²) in [5, 5.41) is 0.748. The Kier molecular flexibility index (Phi) is 3.83. The van der Waals surface area contributed by atoms with Gasteiger partial charge in [0.1, 0.15) is 11.9 Å². The molecule has 4 nitrogen and oxygen atoms in total. The van der Waals surface area contributed by atoms with Gasteiger partial charge < -0.3 is 9.88 Å². The zero-order valence-corrected chi connectivity index (χ0v) is 15.8. The van der Waals surface area contributed by atoms with Crippen molar-refractivity contribution in [2.75, 3.05) is 4.90 Å². The number of nitrogens with zero attached hydrogens (tertiary/aromatic N) is 2. The molecule has 4 heterocycles. The summed E-state index contributed by atoms with van der Waals surface area (Å²) in [6, 6.07) is 18.0. The van der Waals surface area contributed by atoms with Crippen LogP contribution in [0.25, 0.3) is 10.9 Å². The van der Waals surface area contributed by atoms with Crippen molar-refractivity contribution < 1.29 is 0 Å². The second-order valence-corrected chi connectivity index (χ2v) is 7.97. The number of rotatable bonds is 3. The summed E-state index contributed by atoms with van der Waals surface area (Å²) >= 11 is 1.81. The molecule has 1 N–H and O–H groups in total. The largest absolute Gasteiger partial charge is 0.356 e. The second kappa shape index (κ2) is 6.35. The normalized spacial score (nSPS) is 16.0. The summed E-state index contributed by atoms with van der Waals surface area (Å²) in [4.78, 5) is 26.1. The molecule has 1 aliphatic rings. The maximum atomic E-state index is 13.2. The number of hydrogen-bond donors (Lipinski definition) is 1. The van der Waals surface area contributed by atoms with E-state index < -0.39 is 0 Å². The Morgan fingerprint density at radius 3 is 2.78 bits per heavy atom. The van der Waals surface area contributed by atoms with E-state index in [0.717, 1.165) is 34.4 Å². The van der Waals surface area contributed by atoms with Crippen molar-refractivity contribution in [2.24, 2.45) is 0 Å². The first-order valence-electron chi connectivity index (χ1n) is 9.16. The molecule has 0 aliphatic carbocycles. The molecule has 134 valence electrons. The third-order valence-corrected chi connectivity index (χ3v) is 6.48. The van der Waals surface area contributed by atoms with E-state index in [2.05, 4.69) is 33.9 Å². The van der Waals surface area contributed by atoms with Crippen molar-refractivity contribution in [3.05, 3.63) is 92.0 Å². The number of benzene rings is 1. The van der Waals surface area contributed by atoms with Gasteiger partial charge in [0, 0.05) is 32.4 Å². The molecule has 1 unspecified atom stereocenters. The molecule has 0 saturated carbocycles. The van der Waals surface area contributed by atoms with E-state index in [4.69, 9.17) is 0 Å². The number of aromatic amines is 1. The van der Waals surface area contributed by atoms with Gasteiger partial charge in [0.15, 0.2) is 5.43 Å². The highest BCUT2D eigenvalue weighted by Crippen LogP contribution is 2.41. The number of aromatic nitrogens is 2. The summed E-state index contributed by atoms with van der Waals surface area (Å²) in [7, 11) is 0. The third kappa shape index (κ3) is 2.58. The van der Waals surface area contributed by atoms with Crippen LogP contribution < -0.4 is 10.3 Å². The first kappa shape index (κ1) is 16.3. The number of H-pyrrole nitrogens is 1. The Bertz CT molecular complexity index is 1180. The third-order valence-electron chi connectivity index (χ3n) is 5.20.